The first-order valence-electron chi connectivity index (χ1n) is 9.83. The molecule has 0 bridgehead atoms. The second-order valence-corrected chi connectivity index (χ2v) is 7.89. The van der Waals surface area contributed by atoms with E-state index in [-0.39, 0.29) is 18.3 Å². The normalized spacial score (nSPS) is 11.9. The number of ether oxygens (including phenoxy) is 2. The van der Waals surface area contributed by atoms with E-state index in [4.69, 9.17) is 9.47 Å². The molecule has 6 nitrogen and oxygen atoms in total. The molecule has 0 fully saturated rings. The molecular formula is C24H21FN2O4S. The number of carbonyl (C=O) groups is 1. The van der Waals surface area contributed by atoms with Crippen LogP contribution in [-0.2, 0) is 0 Å². The van der Waals surface area contributed by atoms with E-state index >= 15 is 0 Å². The Morgan fingerprint density at radius 2 is 1.91 bits per heavy atom. The lowest BCUT2D eigenvalue weighted by Gasteiger charge is -2.13. The Bertz CT molecular complexity index is 1270. The van der Waals surface area contributed by atoms with Gasteiger partial charge in [-0.15, -0.1) is 11.3 Å². The van der Waals surface area contributed by atoms with Crippen molar-refractivity contribution in [1.82, 2.24) is 10.3 Å². The number of nitrogens with one attached hydrogen (secondary N) is 1. The van der Waals surface area contributed by atoms with Crippen LogP contribution in [-0.4, -0.2) is 36.8 Å². The second kappa shape index (κ2) is 9.33. The van der Waals surface area contributed by atoms with Crippen LogP contribution >= 0.6 is 11.3 Å². The van der Waals surface area contributed by atoms with Gasteiger partial charge in [0.25, 0.3) is 5.91 Å². The summed E-state index contributed by atoms with van der Waals surface area (Å²) in [6, 6.07) is 15.0. The number of pyridine rings is 1. The molecule has 2 heterocycles. The lowest BCUT2D eigenvalue weighted by molar-refractivity contribution is 0.0914. The number of fused-ring (bicyclic) bond motifs is 1. The maximum absolute atomic E-state index is 14.0. The summed E-state index contributed by atoms with van der Waals surface area (Å²) < 4.78 is 25.0. The fourth-order valence-corrected chi connectivity index (χ4v) is 4.35. The Morgan fingerprint density at radius 3 is 2.69 bits per heavy atom. The molecule has 164 valence electrons. The Morgan fingerprint density at radius 1 is 1.12 bits per heavy atom. The largest absolute Gasteiger partial charge is 0.493 e. The van der Waals surface area contributed by atoms with Gasteiger partial charge >= 0.3 is 0 Å². The van der Waals surface area contributed by atoms with E-state index in [1.165, 1.54) is 31.6 Å². The number of hydrogen-bond acceptors (Lipinski definition) is 6. The molecule has 1 unspecified atom stereocenters. The van der Waals surface area contributed by atoms with Crippen molar-refractivity contribution in [3.05, 3.63) is 77.1 Å². The number of aliphatic hydroxyl groups is 1. The number of methoxy groups -OCH3 is 2. The molecule has 32 heavy (non-hydrogen) atoms. The third-order valence-electron chi connectivity index (χ3n) is 5.04. The first-order chi connectivity index (χ1) is 15.5. The van der Waals surface area contributed by atoms with Gasteiger partial charge in [0.1, 0.15) is 11.9 Å². The number of nitrogens with zero attached hydrogens (tertiary/aromatic N) is 1. The topological polar surface area (TPSA) is 80.7 Å². The van der Waals surface area contributed by atoms with E-state index in [0.29, 0.717) is 33.2 Å². The van der Waals surface area contributed by atoms with Crippen LogP contribution in [0.3, 0.4) is 0 Å². The van der Waals surface area contributed by atoms with Gasteiger partial charge in [0.15, 0.2) is 11.5 Å². The third kappa shape index (κ3) is 4.28. The van der Waals surface area contributed by atoms with E-state index in [1.807, 2.05) is 17.5 Å². The minimum Gasteiger partial charge on any atom is -0.493 e. The highest BCUT2D eigenvalue weighted by Crippen LogP contribution is 2.34. The van der Waals surface area contributed by atoms with Crippen molar-refractivity contribution in [3.63, 3.8) is 0 Å². The molecule has 1 amide bonds. The van der Waals surface area contributed by atoms with Crippen LogP contribution in [0.15, 0.2) is 60.0 Å². The molecule has 0 aliphatic carbocycles. The molecule has 1 atom stereocenters. The van der Waals surface area contributed by atoms with Gasteiger partial charge < -0.3 is 19.9 Å². The molecule has 0 radical (unpaired) electrons. The van der Waals surface area contributed by atoms with Gasteiger partial charge in [-0.1, -0.05) is 18.2 Å². The van der Waals surface area contributed by atoms with Crippen LogP contribution in [0.4, 0.5) is 4.39 Å². The van der Waals surface area contributed by atoms with Gasteiger partial charge in [-0.3, -0.25) is 4.79 Å². The first-order valence-corrected chi connectivity index (χ1v) is 10.7. The smallest absolute Gasteiger partial charge is 0.251 e. The molecule has 4 aromatic rings. The van der Waals surface area contributed by atoms with Crippen LogP contribution < -0.4 is 14.8 Å². The Hall–Kier alpha value is -3.49. The molecule has 4 rings (SSSR count). The van der Waals surface area contributed by atoms with E-state index in [9.17, 15) is 14.3 Å². The quantitative estimate of drug-likeness (QED) is 0.429. The van der Waals surface area contributed by atoms with E-state index in [0.717, 1.165) is 10.9 Å². The number of aromatic nitrogens is 1. The van der Waals surface area contributed by atoms with Crippen molar-refractivity contribution in [3.8, 4) is 22.8 Å². The molecule has 0 spiro atoms. The van der Waals surface area contributed by atoms with Gasteiger partial charge in [-0.25, -0.2) is 9.37 Å². The molecule has 0 aliphatic rings. The zero-order chi connectivity index (χ0) is 22.7. The number of aliphatic hydroxyl groups excluding tert-OH is 1. The van der Waals surface area contributed by atoms with E-state index in [2.05, 4.69) is 10.3 Å². The average molecular weight is 453 g/mol. The first kappa shape index (κ1) is 21.7. The average Bonchev–Trinajstić information content (AvgIpc) is 3.27. The number of amides is 1. The molecule has 8 heteroatoms. The fraction of sp³-hybridized carbons (Fsp3) is 0.167. The summed E-state index contributed by atoms with van der Waals surface area (Å²) >= 11 is 1.31. The number of halogens is 1. The highest BCUT2D eigenvalue weighted by molar-refractivity contribution is 7.17. The number of carbonyl (C=O) groups excluding carboxylic acids is 1. The number of thiophene rings is 1. The molecule has 0 aliphatic heterocycles. The van der Waals surface area contributed by atoms with Crippen molar-refractivity contribution in [1.29, 1.82) is 0 Å². The summed E-state index contributed by atoms with van der Waals surface area (Å²) in [5, 5.41) is 15.9. The molecule has 0 saturated heterocycles. The van der Waals surface area contributed by atoms with Crippen molar-refractivity contribution < 1.29 is 23.8 Å². The predicted molar refractivity (Wildman–Crippen MR) is 122 cm³/mol. The number of rotatable bonds is 7. The summed E-state index contributed by atoms with van der Waals surface area (Å²) in [5.41, 5.74) is 2.21. The van der Waals surface area contributed by atoms with Gasteiger partial charge in [-0.05, 0) is 36.4 Å². The molecule has 2 aromatic carbocycles. The molecule has 2 N–H and O–H groups in total. The summed E-state index contributed by atoms with van der Waals surface area (Å²) in [7, 11) is 3.01. The SMILES string of the molecule is COc1ccc(C(=O)NCC(O)c2cccc(-c3csc4c(F)cccc34)n2)cc1OC. The van der Waals surface area contributed by atoms with Gasteiger partial charge in [0.05, 0.1) is 30.3 Å². The fourth-order valence-electron chi connectivity index (χ4n) is 3.38. The lowest BCUT2D eigenvalue weighted by Crippen LogP contribution is -2.28. The minimum atomic E-state index is -1.01. The highest BCUT2D eigenvalue weighted by Gasteiger charge is 2.16. The summed E-state index contributed by atoms with van der Waals surface area (Å²) in [6.07, 6.45) is -1.01. The second-order valence-electron chi connectivity index (χ2n) is 7.01. The van der Waals surface area contributed by atoms with Gasteiger partial charge in [-0.2, -0.15) is 0 Å². The van der Waals surface area contributed by atoms with E-state index in [1.54, 1.807) is 36.4 Å². The Balaban J connectivity index is 1.49. The minimum absolute atomic E-state index is 0.0252. The van der Waals surface area contributed by atoms with Crippen molar-refractivity contribution in [2.24, 2.45) is 0 Å². The third-order valence-corrected chi connectivity index (χ3v) is 6.05. The number of hydrogen-bond donors (Lipinski definition) is 2. The Kier molecular flexibility index (Phi) is 6.34. The Labute approximate surface area is 188 Å². The van der Waals surface area contributed by atoms with Crippen LogP contribution in [0, 0.1) is 5.82 Å². The molecular weight excluding hydrogens is 431 g/mol. The predicted octanol–water partition coefficient (Wildman–Crippen LogP) is 4.58. The number of benzene rings is 2. The maximum Gasteiger partial charge on any atom is 0.251 e. The molecule has 0 saturated carbocycles. The lowest BCUT2D eigenvalue weighted by atomic mass is 10.1. The van der Waals surface area contributed by atoms with Gasteiger partial charge in [0.2, 0.25) is 0 Å². The van der Waals surface area contributed by atoms with Crippen LogP contribution in [0.5, 0.6) is 11.5 Å². The maximum atomic E-state index is 14.0. The zero-order valence-corrected chi connectivity index (χ0v) is 18.3. The van der Waals surface area contributed by atoms with Crippen LogP contribution in [0.1, 0.15) is 22.2 Å². The molecule has 2 aromatic heterocycles. The monoisotopic (exact) mass is 452 g/mol. The van der Waals surface area contributed by atoms with Crippen LogP contribution in [0.2, 0.25) is 0 Å². The summed E-state index contributed by atoms with van der Waals surface area (Å²) in [6.45, 7) is -0.0252. The standard InChI is InChI=1S/C24H21FN2O4S/c1-30-21-10-9-14(11-22(21)31-2)24(29)26-12-20(28)19-8-4-7-18(27-19)16-13-32-23-15(16)5-3-6-17(23)25/h3-11,13,20,28H,12H2,1-2H3,(H,26,29). The van der Waals surface area contributed by atoms with E-state index < -0.39 is 6.10 Å². The van der Waals surface area contributed by atoms with Crippen molar-refractivity contribution >= 4 is 27.3 Å². The van der Waals surface area contributed by atoms with Crippen molar-refractivity contribution in [2.75, 3.05) is 20.8 Å². The highest BCUT2D eigenvalue weighted by atomic mass is 32.1. The van der Waals surface area contributed by atoms with Gasteiger partial charge in [0, 0.05) is 28.4 Å². The zero-order valence-electron chi connectivity index (χ0n) is 17.5. The van der Waals surface area contributed by atoms with Crippen LogP contribution in [0.25, 0.3) is 21.3 Å². The van der Waals surface area contributed by atoms with Crippen molar-refractivity contribution in [2.45, 2.75) is 6.10 Å². The summed E-state index contributed by atoms with van der Waals surface area (Å²) in [5.74, 6) is 0.328. The summed E-state index contributed by atoms with van der Waals surface area (Å²) in [4.78, 5) is 17.0.